The number of benzene rings is 2. The molecule has 0 fully saturated rings. The van der Waals surface area contributed by atoms with Crippen LogP contribution < -0.4 is 15.4 Å². The summed E-state index contributed by atoms with van der Waals surface area (Å²) >= 11 is 0. The minimum atomic E-state index is -0.432. The first-order valence-electron chi connectivity index (χ1n) is 7.29. The highest BCUT2D eigenvalue weighted by atomic mass is 16.5. The van der Waals surface area contributed by atoms with Gasteiger partial charge in [-0.25, -0.2) is 4.79 Å². The van der Waals surface area contributed by atoms with E-state index < -0.39 is 6.09 Å². The summed E-state index contributed by atoms with van der Waals surface area (Å²) in [4.78, 5) is 13.3. The third kappa shape index (κ3) is 3.63. The average molecular weight is 314 g/mol. The molecule has 0 aliphatic rings. The van der Waals surface area contributed by atoms with Crippen molar-refractivity contribution >= 4 is 11.8 Å². The number of hydrogen-bond acceptors (Lipinski definition) is 4. The third-order valence-corrected chi connectivity index (χ3v) is 3.81. The predicted octanol–water partition coefficient (Wildman–Crippen LogP) is 3.25. The van der Waals surface area contributed by atoms with Gasteiger partial charge in [0, 0.05) is 7.05 Å². The Balaban J connectivity index is 2.42. The Labute approximate surface area is 136 Å². The second-order valence-electron chi connectivity index (χ2n) is 5.34. The highest BCUT2D eigenvalue weighted by Gasteiger charge is 2.20. The summed E-state index contributed by atoms with van der Waals surface area (Å²) in [6.45, 7) is 1.97. The number of amides is 1. The Bertz CT molecular complexity index is 683. The zero-order valence-corrected chi connectivity index (χ0v) is 13.9. The molecule has 1 amide bonds. The number of nitrogens with two attached hydrogens (primary N) is 1. The van der Waals surface area contributed by atoms with Crippen molar-refractivity contribution < 1.29 is 14.3 Å². The van der Waals surface area contributed by atoms with Gasteiger partial charge in [0.05, 0.1) is 25.9 Å². The van der Waals surface area contributed by atoms with Crippen molar-refractivity contribution in [3.63, 3.8) is 0 Å². The van der Waals surface area contributed by atoms with E-state index in [0.29, 0.717) is 0 Å². The zero-order valence-electron chi connectivity index (χ0n) is 13.9. The minimum absolute atomic E-state index is 0.358. The molecule has 0 aliphatic heterocycles. The van der Waals surface area contributed by atoms with Crippen LogP contribution in [0.5, 0.6) is 5.75 Å². The van der Waals surface area contributed by atoms with Gasteiger partial charge >= 0.3 is 6.09 Å². The molecule has 1 unspecified atom stereocenters. The lowest BCUT2D eigenvalue weighted by molar-refractivity contribution is 0.180. The molecular formula is C18H22N2O3. The lowest BCUT2D eigenvalue weighted by atomic mass is 9.96. The van der Waals surface area contributed by atoms with Gasteiger partial charge in [-0.3, -0.25) is 4.90 Å². The van der Waals surface area contributed by atoms with Crippen LogP contribution >= 0.6 is 0 Å². The summed E-state index contributed by atoms with van der Waals surface area (Å²) in [5, 5.41) is 0. The number of nitrogens with zero attached hydrogens (tertiary/aromatic N) is 1. The molecule has 0 spiro atoms. The lowest BCUT2D eigenvalue weighted by Crippen LogP contribution is -2.28. The van der Waals surface area contributed by atoms with E-state index in [4.69, 9.17) is 15.2 Å². The normalized spacial score (nSPS) is 11.7. The summed E-state index contributed by atoms with van der Waals surface area (Å²) in [5.74, 6) is 0.775. The van der Waals surface area contributed by atoms with Crippen LogP contribution in [-0.2, 0) is 4.74 Å². The highest BCUT2D eigenvalue weighted by molar-refractivity contribution is 5.88. The molecule has 23 heavy (non-hydrogen) atoms. The summed E-state index contributed by atoms with van der Waals surface area (Å²) in [6, 6.07) is 13.1. The molecule has 2 aromatic rings. The van der Waals surface area contributed by atoms with Crippen molar-refractivity contribution in [3.05, 3.63) is 59.2 Å². The number of ether oxygens (including phenoxy) is 2. The van der Waals surface area contributed by atoms with E-state index in [9.17, 15) is 4.79 Å². The van der Waals surface area contributed by atoms with Crippen molar-refractivity contribution in [2.75, 3.05) is 26.2 Å². The molecule has 1 atom stereocenters. The summed E-state index contributed by atoms with van der Waals surface area (Å²) in [6.07, 6.45) is -0.432. The molecule has 5 heteroatoms. The molecule has 0 aliphatic carbocycles. The number of carbonyl (C=O) groups excluding carboxylic acids is 1. The predicted molar refractivity (Wildman–Crippen MR) is 91.0 cm³/mol. The topological polar surface area (TPSA) is 64.8 Å². The van der Waals surface area contributed by atoms with E-state index in [-0.39, 0.29) is 6.04 Å². The Morgan fingerprint density at radius 2 is 1.78 bits per heavy atom. The van der Waals surface area contributed by atoms with E-state index in [1.165, 1.54) is 12.0 Å². The van der Waals surface area contributed by atoms with Gasteiger partial charge in [0.25, 0.3) is 0 Å². The monoisotopic (exact) mass is 314 g/mol. The van der Waals surface area contributed by atoms with E-state index >= 15 is 0 Å². The molecule has 122 valence electrons. The van der Waals surface area contributed by atoms with Crippen LogP contribution in [0, 0.1) is 6.92 Å². The minimum Gasteiger partial charge on any atom is -0.497 e. The second kappa shape index (κ2) is 7.15. The largest absolute Gasteiger partial charge is 0.497 e. The van der Waals surface area contributed by atoms with Gasteiger partial charge in [0.2, 0.25) is 0 Å². The fourth-order valence-corrected chi connectivity index (χ4v) is 2.43. The van der Waals surface area contributed by atoms with Gasteiger partial charge in [-0.2, -0.15) is 0 Å². The maximum Gasteiger partial charge on any atom is 0.413 e. The SMILES string of the molecule is COC(=O)N(C)c1cc(C)ccc1C(N)c1ccc(OC)cc1. The van der Waals surface area contributed by atoms with Crippen LogP contribution in [0.3, 0.4) is 0 Å². The highest BCUT2D eigenvalue weighted by Crippen LogP contribution is 2.30. The molecule has 2 N–H and O–H groups in total. The Morgan fingerprint density at radius 3 is 2.35 bits per heavy atom. The molecule has 0 aromatic heterocycles. The average Bonchev–Trinajstić information content (AvgIpc) is 2.59. The van der Waals surface area contributed by atoms with E-state index in [1.807, 2.05) is 49.4 Å². The van der Waals surface area contributed by atoms with Crippen LogP contribution in [0.25, 0.3) is 0 Å². The molecule has 5 nitrogen and oxygen atoms in total. The fraction of sp³-hybridized carbons (Fsp3) is 0.278. The molecule has 0 bridgehead atoms. The van der Waals surface area contributed by atoms with Crippen molar-refractivity contribution in [3.8, 4) is 5.75 Å². The Morgan fingerprint density at radius 1 is 1.13 bits per heavy atom. The van der Waals surface area contributed by atoms with Crippen LogP contribution in [0.1, 0.15) is 22.7 Å². The Hall–Kier alpha value is -2.53. The van der Waals surface area contributed by atoms with Crippen LogP contribution in [-0.4, -0.2) is 27.4 Å². The van der Waals surface area contributed by atoms with Crippen LogP contribution in [0.2, 0.25) is 0 Å². The second-order valence-corrected chi connectivity index (χ2v) is 5.34. The van der Waals surface area contributed by atoms with Crippen LogP contribution in [0.4, 0.5) is 10.5 Å². The summed E-state index contributed by atoms with van der Waals surface area (Å²) in [5.41, 5.74) is 9.99. The van der Waals surface area contributed by atoms with E-state index in [0.717, 1.165) is 28.1 Å². The van der Waals surface area contributed by atoms with Crippen molar-refractivity contribution in [1.82, 2.24) is 0 Å². The van der Waals surface area contributed by atoms with Gasteiger partial charge in [0.1, 0.15) is 5.75 Å². The maximum absolute atomic E-state index is 11.9. The standard InChI is InChI=1S/C18H22N2O3/c1-12-5-10-15(16(11-12)20(2)18(21)23-4)17(19)13-6-8-14(22-3)9-7-13/h5-11,17H,19H2,1-4H3. The fourth-order valence-electron chi connectivity index (χ4n) is 2.43. The number of hydrogen-bond donors (Lipinski definition) is 1. The van der Waals surface area contributed by atoms with Gasteiger partial charge in [-0.1, -0.05) is 24.3 Å². The van der Waals surface area contributed by atoms with Gasteiger partial charge < -0.3 is 15.2 Å². The molecule has 2 aromatic carbocycles. The number of methoxy groups -OCH3 is 2. The number of anilines is 1. The molecule has 0 radical (unpaired) electrons. The first-order chi connectivity index (χ1) is 11.0. The molecule has 0 heterocycles. The lowest BCUT2D eigenvalue weighted by Gasteiger charge is -2.23. The quantitative estimate of drug-likeness (QED) is 0.941. The molecular weight excluding hydrogens is 292 g/mol. The van der Waals surface area contributed by atoms with Gasteiger partial charge in [0.15, 0.2) is 0 Å². The van der Waals surface area contributed by atoms with E-state index in [1.54, 1.807) is 14.2 Å². The number of rotatable bonds is 4. The molecule has 2 rings (SSSR count). The Kier molecular flexibility index (Phi) is 5.24. The van der Waals surface area contributed by atoms with E-state index in [2.05, 4.69) is 0 Å². The first-order valence-corrected chi connectivity index (χ1v) is 7.29. The van der Waals surface area contributed by atoms with Crippen molar-refractivity contribution in [1.29, 1.82) is 0 Å². The molecule has 0 saturated heterocycles. The van der Waals surface area contributed by atoms with Crippen molar-refractivity contribution in [2.24, 2.45) is 5.73 Å². The summed E-state index contributed by atoms with van der Waals surface area (Å²) < 4.78 is 9.97. The number of aryl methyl sites for hydroxylation is 1. The van der Waals surface area contributed by atoms with Crippen LogP contribution in [0.15, 0.2) is 42.5 Å². The smallest absolute Gasteiger partial charge is 0.413 e. The first kappa shape index (κ1) is 16.8. The molecule has 0 saturated carbocycles. The van der Waals surface area contributed by atoms with Crippen molar-refractivity contribution in [2.45, 2.75) is 13.0 Å². The third-order valence-electron chi connectivity index (χ3n) is 3.81. The zero-order chi connectivity index (χ0) is 17.0. The number of carbonyl (C=O) groups is 1. The van der Waals surface area contributed by atoms with Gasteiger partial charge in [-0.05, 0) is 41.8 Å². The van der Waals surface area contributed by atoms with Gasteiger partial charge in [-0.15, -0.1) is 0 Å². The maximum atomic E-state index is 11.9. The summed E-state index contributed by atoms with van der Waals surface area (Å²) in [7, 11) is 4.65.